The van der Waals surface area contributed by atoms with Gasteiger partial charge in [-0.2, -0.15) is 20.2 Å². The van der Waals surface area contributed by atoms with E-state index < -0.39 is 0 Å². The van der Waals surface area contributed by atoms with E-state index in [9.17, 15) is 0 Å². The summed E-state index contributed by atoms with van der Waals surface area (Å²) in [5.41, 5.74) is 2.38. The van der Waals surface area contributed by atoms with Gasteiger partial charge in [-0.05, 0) is 12.8 Å². The molecule has 8 nitrogen and oxygen atoms in total. The molecule has 0 aliphatic heterocycles. The predicted octanol–water partition coefficient (Wildman–Crippen LogP) is 0.0483. The van der Waals surface area contributed by atoms with E-state index in [1.165, 1.54) is 7.11 Å². The van der Waals surface area contributed by atoms with Gasteiger partial charge in [0.2, 0.25) is 11.9 Å². The quantitative estimate of drug-likeness (QED) is 0.537. The van der Waals surface area contributed by atoms with Gasteiger partial charge in [-0.15, -0.1) is 0 Å². The molecular formula is C10H15N7O. The number of nitrogens with zero attached hydrogens (tertiary/aromatic N) is 5. The van der Waals surface area contributed by atoms with Crippen molar-refractivity contribution in [2.45, 2.75) is 25.3 Å². The number of hydrogen-bond acceptors (Lipinski definition) is 8. The van der Waals surface area contributed by atoms with Crippen LogP contribution in [0.4, 0.5) is 11.9 Å². The van der Waals surface area contributed by atoms with Crippen molar-refractivity contribution in [2.75, 3.05) is 24.0 Å². The summed E-state index contributed by atoms with van der Waals surface area (Å²) in [5, 5.41) is 8.68. The first-order chi connectivity index (χ1) is 8.78. The lowest BCUT2D eigenvalue weighted by Gasteiger charge is -2.21. The maximum atomic E-state index is 8.68. The summed E-state index contributed by atoms with van der Waals surface area (Å²) in [4.78, 5) is 14.3. The highest BCUT2D eigenvalue weighted by Gasteiger charge is 2.31. The molecule has 1 saturated carbocycles. The Bertz CT molecular complexity index is 432. The van der Waals surface area contributed by atoms with Crippen LogP contribution in [-0.4, -0.2) is 34.6 Å². The average molecular weight is 249 g/mol. The van der Waals surface area contributed by atoms with Gasteiger partial charge < -0.3 is 9.64 Å². The molecule has 18 heavy (non-hydrogen) atoms. The van der Waals surface area contributed by atoms with E-state index in [0.29, 0.717) is 25.0 Å². The number of methoxy groups -OCH3 is 1. The Balaban J connectivity index is 2.25. The summed E-state index contributed by atoms with van der Waals surface area (Å²) in [6, 6.07) is 2.73. The number of aromatic nitrogens is 3. The largest absolute Gasteiger partial charge is 0.467 e. The summed E-state index contributed by atoms with van der Waals surface area (Å²) >= 11 is 0. The van der Waals surface area contributed by atoms with Crippen LogP contribution in [-0.2, 0) is 0 Å². The van der Waals surface area contributed by atoms with Gasteiger partial charge in [0.05, 0.1) is 19.6 Å². The molecule has 1 aromatic rings. The van der Waals surface area contributed by atoms with Crippen molar-refractivity contribution >= 4 is 11.9 Å². The number of nitrogen functional groups attached to an aromatic ring is 1. The minimum absolute atomic E-state index is 0.204. The molecule has 0 unspecified atom stereocenters. The second kappa shape index (κ2) is 5.46. The van der Waals surface area contributed by atoms with Crippen molar-refractivity contribution in [3.05, 3.63) is 0 Å². The van der Waals surface area contributed by atoms with Crippen LogP contribution in [0.25, 0.3) is 0 Å². The van der Waals surface area contributed by atoms with Crippen LogP contribution < -0.4 is 20.9 Å². The Hall–Kier alpha value is -2.14. The second-order valence-electron chi connectivity index (χ2n) is 3.92. The van der Waals surface area contributed by atoms with Crippen LogP contribution in [0.5, 0.6) is 6.01 Å². The molecule has 0 aromatic carbocycles. The Morgan fingerprint density at radius 2 is 2.28 bits per heavy atom. The third-order valence-electron chi connectivity index (χ3n) is 2.62. The standard InChI is InChI=1S/C10H15N7O/c1-18-10-14-8(16-12)13-9(15-10)17(6-2-5-11)7-3-4-7/h7H,2-4,6,12H2,1H3,(H,13,14,15,16). The summed E-state index contributed by atoms with van der Waals surface area (Å²) in [6.07, 6.45) is 2.60. The molecule has 1 fully saturated rings. The van der Waals surface area contributed by atoms with Crippen molar-refractivity contribution < 1.29 is 4.74 Å². The Kier molecular flexibility index (Phi) is 3.74. The predicted molar refractivity (Wildman–Crippen MR) is 64.8 cm³/mol. The smallest absolute Gasteiger partial charge is 0.322 e. The maximum absolute atomic E-state index is 8.68. The summed E-state index contributed by atoms with van der Waals surface area (Å²) in [6.45, 7) is 0.596. The monoisotopic (exact) mass is 249 g/mol. The molecule has 3 N–H and O–H groups in total. The molecule has 1 aromatic heterocycles. The van der Waals surface area contributed by atoms with Crippen LogP contribution in [0.2, 0.25) is 0 Å². The van der Waals surface area contributed by atoms with E-state index in [1.807, 2.05) is 4.90 Å². The van der Waals surface area contributed by atoms with Crippen LogP contribution >= 0.6 is 0 Å². The molecule has 8 heteroatoms. The van der Waals surface area contributed by atoms with Crippen molar-refractivity contribution in [3.63, 3.8) is 0 Å². The number of hydrazine groups is 1. The maximum Gasteiger partial charge on any atom is 0.322 e. The van der Waals surface area contributed by atoms with E-state index in [0.717, 1.165) is 12.8 Å². The summed E-state index contributed by atoms with van der Waals surface area (Å²) in [7, 11) is 1.48. The summed E-state index contributed by atoms with van der Waals surface area (Å²) in [5.74, 6) is 6.05. The number of ether oxygens (including phenoxy) is 1. The third kappa shape index (κ3) is 2.75. The molecule has 0 radical (unpaired) electrons. The van der Waals surface area contributed by atoms with Crippen LogP contribution in [0.3, 0.4) is 0 Å². The van der Waals surface area contributed by atoms with Crippen molar-refractivity contribution in [1.82, 2.24) is 15.0 Å². The number of nitrogens with one attached hydrogen (secondary N) is 1. The topological polar surface area (TPSA) is 113 Å². The molecular weight excluding hydrogens is 234 g/mol. The van der Waals surface area contributed by atoms with Crippen molar-refractivity contribution in [1.29, 1.82) is 5.26 Å². The summed E-state index contributed by atoms with van der Waals surface area (Å²) < 4.78 is 5.00. The van der Waals surface area contributed by atoms with Gasteiger partial charge in [-0.3, -0.25) is 5.43 Å². The molecule has 1 aliphatic carbocycles. The van der Waals surface area contributed by atoms with Gasteiger partial charge in [0.25, 0.3) is 0 Å². The number of nitriles is 1. The molecule has 0 bridgehead atoms. The zero-order valence-electron chi connectivity index (χ0n) is 10.1. The van der Waals surface area contributed by atoms with E-state index in [1.54, 1.807) is 0 Å². The fourth-order valence-electron chi connectivity index (χ4n) is 1.63. The first-order valence-electron chi connectivity index (χ1n) is 5.68. The van der Waals surface area contributed by atoms with E-state index >= 15 is 0 Å². The zero-order chi connectivity index (χ0) is 13.0. The molecule has 96 valence electrons. The highest BCUT2D eigenvalue weighted by molar-refractivity contribution is 5.40. The number of nitrogens with two attached hydrogens (primary N) is 1. The first-order valence-corrected chi connectivity index (χ1v) is 5.68. The number of rotatable bonds is 6. The lowest BCUT2D eigenvalue weighted by molar-refractivity contribution is 0.378. The van der Waals surface area contributed by atoms with Gasteiger partial charge in [0, 0.05) is 12.6 Å². The van der Waals surface area contributed by atoms with Crippen molar-refractivity contribution in [3.8, 4) is 12.1 Å². The highest BCUT2D eigenvalue weighted by atomic mass is 16.5. The fourth-order valence-corrected chi connectivity index (χ4v) is 1.63. The van der Waals surface area contributed by atoms with Gasteiger partial charge in [-0.1, -0.05) is 0 Å². The zero-order valence-corrected chi connectivity index (χ0v) is 10.1. The minimum Gasteiger partial charge on any atom is -0.467 e. The van der Waals surface area contributed by atoms with Crippen LogP contribution in [0.1, 0.15) is 19.3 Å². The average Bonchev–Trinajstić information content (AvgIpc) is 3.23. The first kappa shape index (κ1) is 12.3. The van der Waals surface area contributed by atoms with E-state index in [-0.39, 0.29) is 12.0 Å². The van der Waals surface area contributed by atoms with E-state index in [2.05, 4.69) is 26.4 Å². The molecule has 0 spiro atoms. The highest BCUT2D eigenvalue weighted by Crippen LogP contribution is 2.30. The Morgan fingerprint density at radius 1 is 1.50 bits per heavy atom. The lowest BCUT2D eigenvalue weighted by atomic mass is 10.4. The van der Waals surface area contributed by atoms with Crippen LogP contribution in [0, 0.1) is 11.3 Å². The van der Waals surface area contributed by atoms with Gasteiger partial charge in [0.1, 0.15) is 0 Å². The molecule has 0 atom stereocenters. The Labute approximate surface area is 105 Å². The SMILES string of the molecule is COc1nc(NN)nc(N(CCC#N)C2CC2)n1. The number of anilines is 2. The van der Waals surface area contributed by atoms with Gasteiger partial charge in [0.15, 0.2) is 0 Å². The second-order valence-corrected chi connectivity index (χ2v) is 3.92. The van der Waals surface area contributed by atoms with Gasteiger partial charge >= 0.3 is 6.01 Å². The van der Waals surface area contributed by atoms with Crippen molar-refractivity contribution in [2.24, 2.45) is 5.84 Å². The fraction of sp³-hybridized carbons (Fsp3) is 0.600. The van der Waals surface area contributed by atoms with Crippen LogP contribution in [0.15, 0.2) is 0 Å². The molecule has 1 aliphatic rings. The molecule has 0 amide bonds. The lowest BCUT2D eigenvalue weighted by Crippen LogP contribution is -2.29. The normalized spacial score (nSPS) is 13.8. The minimum atomic E-state index is 0.204. The van der Waals surface area contributed by atoms with E-state index in [4.69, 9.17) is 15.8 Å². The molecule has 2 rings (SSSR count). The Morgan fingerprint density at radius 3 is 2.83 bits per heavy atom. The van der Waals surface area contributed by atoms with Gasteiger partial charge in [-0.25, -0.2) is 5.84 Å². The molecule has 1 heterocycles. The number of hydrogen-bond donors (Lipinski definition) is 2. The molecule has 0 saturated heterocycles. The third-order valence-corrected chi connectivity index (χ3v) is 2.62.